The van der Waals surface area contributed by atoms with Crippen LogP contribution in [-0.2, 0) is 6.54 Å². The predicted octanol–water partition coefficient (Wildman–Crippen LogP) is 2.37. The van der Waals surface area contributed by atoms with Gasteiger partial charge in [0.1, 0.15) is 5.82 Å². The van der Waals surface area contributed by atoms with Crippen molar-refractivity contribution in [2.45, 2.75) is 6.54 Å². The van der Waals surface area contributed by atoms with Crippen LogP contribution in [0.3, 0.4) is 0 Å². The standard InChI is InChI=1S/C21H19N9O/c1-22-21(31)15-6-8-24-17(10-15)26-18-11-25-19-20(27-18)30(29-28-19)12-13-4-5-16-14(9-13)3-2-7-23-16/h2-11,29H,12H2,1H3,(H,22,31)(H,25,28)(H,24,26,27). The van der Waals surface area contributed by atoms with E-state index in [1.807, 2.05) is 29.3 Å². The van der Waals surface area contributed by atoms with Gasteiger partial charge in [-0.15, -0.1) is 5.53 Å². The Morgan fingerprint density at radius 1 is 1.06 bits per heavy atom. The second-order valence-corrected chi connectivity index (χ2v) is 6.91. The third-order valence-electron chi connectivity index (χ3n) is 4.83. The summed E-state index contributed by atoms with van der Waals surface area (Å²) >= 11 is 0. The number of hydrogen-bond donors (Lipinski definition) is 4. The molecule has 4 heterocycles. The van der Waals surface area contributed by atoms with E-state index in [2.05, 4.69) is 47.6 Å². The highest BCUT2D eigenvalue weighted by atomic mass is 16.1. The van der Waals surface area contributed by atoms with Crippen LogP contribution in [0.2, 0.25) is 0 Å². The maximum Gasteiger partial charge on any atom is 0.251 e. The van der Waals surface area contributed by atoms with Gasteiger partial charge in [-0.2, -0.15) is 0 Å². The van der Waals surface area contributed by atoms with E-state index in [1.54, 1.807) is 37.8 Å². The summed E-state index contributed by atoms with van der Waals surface area (Å²) in [4.78, 5) is 29.5. The predicted molar refractivity (Wildman–Crippen MR) is 118 cm³/mol. The molecule has 0 fully saturated rings. The van der Waals surface area contributed by atoms with Crippen LogP contribution in [-0.4, -0.2) is 32.9 Å². The average Bonchev–Trinajstić information content (AvgIpc) is 3.20. The van der Waals surface area contributed by atoms with Gasteiger partial charge in [-0.1, -0.05) is 12.1 Å². The monoisotopic (exact) mass is 413 g/mol. The molecule has 0 aliphatic carbocycles. The number of fused-ring (bicyclic) bond motifs is 2. The van der Waals surface area contributed by atoms with Gasteiger partial charge in [-0.05, 0) is 35.9 Å². The normalized spacial score (nSPS) is 12.4. The molecule has 0 saturated carbocycles. The van der Waals surface area contributed by atoms with Crippen molar-refractivity contribution >= 4 is 40.1 Å². The van der Waals surface area contributed by atoms with Gasteiger partial charge in [0, 0.05) is 30.4 Å². The minimum absolute atomic E-state index is 0.185. The van der Waals surface area contributed by atoms with Crippen molar-refractivity contribution in [3.63, 3.8) is 0 Å². The molecule has 1 aromatic carbocycles. The van der Waals surface area contributed by atoms with E-state index in [4.69, 9.17) is 0 Å². The van der Waals surface area contributed by atoms with Crippen LogP contribution >= 0.6 is 0 Å². The Kier molecular flexibility index (Phi) is 4.73. The van der Waals surface area contributed by atoms with Gasteiger partial charge in [-0.25, -0.2) is 15.0 Å². The van der Waals surface area contributed by atoms with Gasteiger partial charge in [0.2, 0.25) is 0 Å². The summed E-state index contributed by atoms with van der Waals surface area (Å²) < 4.78 is 0. The first-order valence-electron chi connectivity index (χ1n) is 9.65. The highest BCUT2D eigenvalue weighted by Gasteiger charge is 2.22. The number of nitrogens with one attached hydrogen (secondary N) is 4. The van der Waals surface area contributed by atoms with E-state index in [1.165, 1.54) is 0 Å². The molecule has 0 radical (unpaired) electrons. The maximum atomic E-state index is 11.8. The Morgan fingerprint density at radius 2 is 2.00 bits per heavy atom. The summed E-state index contributed by atoms with van der Waals surface area (Å²) in [6.07, 6.45) is 4.96. The molecule has 0 bridgehead atoms. The second kappa shape index (κ2) is 7.84. The van der Waals surface area contributed by atoms with E-state index in [-0.39, 0.29) is 5.91 Å². The summed E-state index contributed by atoms with van der Waals surface area (Å²) in [5.74, 6) is 2.11. The number of aromatic nitrogens is 4. The molecule has 31 heavy (non-hydrogen) atoms. The fourth-order valence-electron chi connectivity index (χ4n) is 3.33. The molecular formula is C21H19N9O. The number of amides is 1. The van der Waals surface area contributed by atoms with Crippen LogP contribution in [0, 0.1) is 0 Å². The number of carbonyl (C=O) groups excluding carboxylic acids is 1. The van der Waals surface area contributed by atoms with Crippen molar-refractivity contribution in [1.29, 1.82) is 0 Å². The van der Waals surface area contributed by atoms with Crippen molar-refractivity contribution in [1.82, 2.24) is 30.8 Å². The first-order chi connectivity index (χ1) is 15.2. The zero-order valence-electron chi connectivity index (χ0n) is 16.6. The summed E-state index contributed by atoms with van der Waals surface area (Å²) in [6, 6.07) is 13.4. The number of hydrogen-bond acceptors (Lipinski definition) is 9. The molecule has 0 unspecified atom stereocenters. The zero-order valence-corrected chi connectivity index (χ0v) is 16.6. The Labute approximate surface area is 177 Å². The van der Waals surface area contributed by atoms with Gasteiger partial charge >= 0.3 is 0 Å². The van der Waals surface area contributed by atoms with Gasteiger partial charge < -0.3 is 10.6 Å². The number of pyridine rings is 2. The average molecular weight is 413 g/mol. The molecule has 10 heteroatoms. The van der Waals surface area contributed by atoms with E-state index in [9.17, 15) is 4.79 Å². The number of carbonyl (C=O) groups is 1. The summed E-state index contributed by atoms with van der Waals surface area (Å²) in [5.41, 5.74) is 8.67. The van der Waals surface area contributed by atoms with E-state index < -0.39 is 0 Å². The molecule has 10 nitrogen and oxygen atoms in total. The van der Waals surface area contributed by atoms with Crippen molar-refractivity contribution in [3.05, 3.63) is 72.2 Å². The summed E-state index contributed by atoms with van der Waals surface area (Å²) in [6.45, 7) is 0.577. The van der Waals surface area contributed by atoms with Crippen molar-refractivity contribution in [2.24, 2.45) is 0 Å². The van der Waals surface area contributed by atoms with Gasteiger partial charge in [0.05, 0.1) is 18.3 Å². The van der Waals surface area contributed by atoms with E-state index in [0.717, 1.165) is 16.5 Å². The molecule has 0 saturated heterocycles. The first kappa shape index (κ1) is 18.7. The van der Waals surface area contributed by atoms with E-state index >= 15 is 0 Å². The topological polar surface area (TPSA) is 120 Å². The van der Waals surface area contributed by atoms with Crippen molar-refractivity contribution in [2.75, 3.05) is 22.8 Å². The number of benzene rings is 1. The molecule has 4 N–H and O–H groups in total. The Morgan fingerprint density at radius 3 is 2.90 bits per heavy atom. The summed E-state index contributed by atoms with van der Waals surface area (Å²) in [5, 5.41) is 8.66. The molecule has 1 aliphatic rings. The molecular weight excluding hydrogens is 394 g/mol. The Bertz CT molecular complexity index is 1280. The summed E-state index contributed by atoms with van der Waals surface area (Å²) in [7, 11) is 1.59. The lowest BCUT2D eigenvalue weighted by Gasteiger charge is -2.17. The molecule has 0 atom stereocenters. The molecule has 1 aliphatic heterocycles. The highest BCUT2D eigenvalue weighted by Crippen LogP contribution is 2.28. The molecule has 3 aromatic heterocycles. The van der Waals surface area contributed by atoms with Gasteiger partial charge in [-0.3, -0.25) is 20.2 Å². The fourth-order valence-corrected chi connectivity index (χ4v) is 3.33. The van der Waals surface area contributed by atoms with Crippen LogP contribution < -0.4 is 26.6 Å². The van der Waals surface area contributed by atoms with Crippen LogP contribution in [0.4, 0.5) is 23.3 Å². The molecule has 5 rings (SSSR count). The van der Waals surface area contributed by atoms with Gasteiger partial charge in [0.25, 0.3) is 5.91 Å². The van der Waals surface area contributed by atoms with Crippen molar-refractivity contribution < 1.29 is 4.79 Å². The quantitative estimate of drug-likeness (QED) is 0.391. The smallest absolute Gasteiger partial charge is 0.251 e. The zero-order chi connectivity index (χ0) is 21.2. The first-order valence-corrected chi connectivity index (χ1v) is 9.65. The van der Waals surface area contributed by atoms with Crippen LogP contribution in [0.5, 0.6) is 0 Å². The molecule has 154 valence electrons. The largest absolute Gasteiger partial charge is 0.355 e. The maximum absolute atomic E-state index is 11.8. The number of hydrazine groups is 2. The van der Waals surface area contributed by atoms with Crippen molar-refractivity contribution in [3.8, 4) is 0 Å². The number of anilines is 4. The van der Waals surface area contributed by atoms with Crippen LogP contribution in [0.1, 0.15) is 15.9 Å². The second-order valence-electron chi connectivity index (χ2n) is 6.91. The van der Waals surface area contributed by atoms with Gasteiger partial charge in [0.15, 0.2) is 17.5 Å². The van der Waals surface area contributed by atoms with Crippen LogP contribution in [0.25, 0.3) is 10.9 Å². The fraction of sp³-hybridized carbons (Fsp3) is 0.0952. The minimum Gasteiger partial charge on any atom is -0.355 e. The Hall–Kier alpha value is -4.31. The third-order valence-corrected chi connectivity index (χ3v) is 4.83. The SMILES string of the molecule is CNC(=O)c1ccnc(Nc2cnc3c(n2)N(Cc2ccc4ncccc4c2)NN3)c1. The number of nitrogens with zero attached hydrogens (tertiary/aromatic N) is 5. The minimum atomic E-state index is -0.185. The third kappa shape index (κ3) is 3.79. The lowest BCUT2D eigenvalue weighted by molar-refractivity contribution is 0.0963. The lowest BCUT2D eigenvalue weighted by atomic mass is 10.1. The highest BCUT2D eigenvalue weighted by molar-refractivity contribution is 5.94. The number of rotatable bonds is 5. The van der Waals surface area contributed by atoms with Crippen LogP contribution in [0.15, 0.2) is 61.1 Å². The molecule has 0 spiro atoms. The van der Waals surface area contributed by atoms with E-state index in [0.29, 0.717) is 35.4 Å². The molecule has 1 amide bonds. The lowest BCUT2D eigenvalue weighted by Crippen LogP contribution is -2.35. The molecule has 4 aromatic rings. The Balaban J connectivity index is 1.37.